The Morgan fingerprint density at radius 3 is 2.87 bits per heavy atom. The number of carbonyl (C=O) groups is 1. The fourth-order valence-electron chi connectivity index (χ4n) is 1.68. The molecule has 0 unspecified atom stereocenters. The van der Waals surface area contributed by atoms with E-state index < -0.39 is 0 Å². The highest BCUT2D eigenvalue weighted by Gasteiger charge is 2.15. The molecule has 0 aromatic heterocycles. The number of hydrogen-bond acceptors (Lipinski definition) is 2. The van der Waals surface area contributed by atoms with Gasteiger partial charge in [-0.3, -0.25) is 4.79 Å². The Hall–Kier alpha value is -1.57. The lowest BCUT2D eigenvalue weighted by molar-refractivity contribution is -0.117. The predicted molar refractivity (Wildman–Crippen MR) is 58.5 cm³/mol. The molecule has 0 bridgehead atoms. The van der Waals surface area contributed by atoms with Gasteiger partial charge in [0.2, 0.25) is 5.78 Å². The van der Waals surface area contributed by atoms with Crippen molar-refractivity contribution in [3.8, 4) is 0 Å². The highest BCUT2D eigenvalue weighted by atomic mass is 16.5. The summed E-state index contributed by atoms with van der Waals surface area (Å²) in [5.41, 5.74) is 2.24. The van der Waals surface area contributed by atoms with Crippen LogP contribution in [0.1, 0.15) is 17.5 Å². The van der Waals surface area contributed by atoms with Gasteiger partial charge < -0.3 is 4.74 Å². The Bertz CT molecular complexity index is 405. The summed E-state index contributed by atoms with van der Waals surface area (Å²) in [6.45, 7) is 2.67. The second kappa shape index (κ2) is 4.30. The van der Waals surface area contributed by atoms with Gasteiger partial charge >= 0.3 is 0 Å². The van der Waals surface area contributed by atoms with Crippen LogP contribution in [0.5, 0.6) is 0 Å². The molecule has 1 aromatic carbocycles. The van der Waals surface area contributed by atoms with E-state index in [1.165, 1.54) is 0 Å². The number of benzene rings is 1. The molecule has 1 aromatic rings. The van der Waals surface area contributed by atoms with Crippen molar-refractivity contribution in [2.45, 2.75) is 19.8 Å². The summed E-state index contributed by atoms with van der Waals surface area (Å²) in [4.78, 5) is 11.8. The lowest BCUT2D eigenvalue weighted by atomic mass is 10.0. The minimum Gasteiger partial charge on any atom is -0.490 e. The largest absolute Gasteiger partial charge is 0.490 e. The molecule has 0 fully saturated rings. The summed E-state index contributed by atoms with van der Waals surface area (Å²) in [5.74, 6) is 0.625. The summed E-state index contributed by atoms with van der Waals surface area (Å²) in [7, 11) is 0. The molecule has 0 atom stereocenters. The molecule has 1 aliphatic rings. The third kappa shape index (κ3) is 2.27. The van der Waals surface area contributed by atoms with E-state index >= 15 is 0 Å². The van der Waals surface area contributed by atoms with Crippen LogP contribution in [0.15, 0.2) is 36.1 Å². The molecule has 78 valence electrons. The summed E-state index contributed by atoms with van der Waals surface area (Å²) < 4.78 is 5.24. The summed E-state index contributed by atoms with van der Waals surface area (Å²) in [6.07, 6.45) is 3.17. The van der Waals surface area contributed by atoms with E-state index in [2.05, 4.69) is 0 Å². The second-order valence-electron chi connectivity index (χ2n) is 3.73. The maximum atomic E-state index is 11.8. The van der Waals surface area contributed by atoms with E-state index in [4.69, 9.17) is 4.74 Å². The molecule has 2 rings (SSSR count). The smallest absolute Gasteiger partial charge is 0.201 e. The average Bonchev–Trinajstić information content (AvgIpc) is 2.74. The molecule has 0 saturated carbocycles. The van der Waals surface area contributed by atoms with Crippen LogP contribution in [-0.4, -0.2) is 12.4 Å². The zero-order valence-corrected chi connectivity index (χ0v) is 8.82. The standard InChI is InChI=1S/C13H14O2/c1-10-5-2-3-6-11(10)9-12(14)13-7-4-8-15-13/h2-3,5-7H,4,8-9H2,1H3. The Balaban J connectivity index is 2.09. The maximum absolute atomic E-state index is 11.8. The molecule has 1 aliphatic heterocycles. The van der Waals surface area contributed by atoms with Gasteiger partial charge in [-0.2, -0.15) is 0 Å². The number of ether oxygens (including phenoxy) is 1. The summed E-state index contributed by atoms with van der Waals surface area (Å²) in [6, 6.07) is 7.95. The Morgan fingerprint density at radius 1 is 1.40 bits per heavy atom. The molecule has 0 spiro atoms. The molecular formula is C13H14O2. The lowest BCUT2D eigenvalue weighted by Crippen LogP contribution is -2.07. The van der Waals surface area contributed by atoms with Crippen molar-refractivity contribution >= 4 is 5.78 Å². The number of allylic oxidation sites excluding steroid dienone is 1. The Labute approximate surface area is 89.6 Å². The van der Waals surface area contributed by atoms with Crippen LogP contribution < -0.4 is 0 Å². The molecule has 2 nitrogen and oxygen atoms in total. The summed E-state index contributed by atoms with van der Waals surface area (Å²) >= 11 is 0. The van der Waals surface area contributed by atoms with Gasteiger partial charge in [-0.15, -0.1) is 0 Å². The fraction of sp³-hybridized carbons (Fsp3) is 0.308. The van der Waals surface area contributed by atoms with Gasteiger partial charge in [0.1, 0.15) is 0 Å². The minimum absolute atomic E-state index is 0.0850. The van der Waals surface area contributed by atoms with E-state index in [0.717, 1.165) is 17.5 Å². The lowest BCUT2D eigenvalue weighted by Gasteiger charge is -2.05. The molecule has 1 heterocycles. The van der Waals surface area contributed by atoms with Crippen molar-refractivity contribution in [1.82, 2.24) is 0 Å². The zero-order valence-electron chi connectivity index (χ0n) is 8.82. The first-order chi connectivity index (χ1) is 7.27. The van der Waals surface area contributed by atoms with E-state index in [-0.39, 0.29) is 5.78 Å². The number of hydrogen-bond donors (Lipinski definition) is 0. The van der Waals surface area contributed by atoms with Gasteiger partial charge in [0.15, 0.2) is 5.76 Å². The van der Waals surface area contributed by atoms with Gasteiger partial charge in [0.05, 0.1) is 6.61 Å². The van der Waals surface area contributed by atoms with Crippen molar-refractivity contribution in [3.63, 3.8) is 0 Å². The van der Waals surface area contributed by atoms with E-state index in [0.29, 0.717) is 18.8 Å². The first kappa shape index (κ1) is 9.97. The van der Waals surface area contributed by atoms with Gasteiger partial charge in [-0.25, -0.2) is 0 Å². The maximum Gasteiger partial charge on any atom is 0.201 e. The van der Waals surface area contributed by atoms with E-state index in [1.54, 1.807) is 0 Å². The third-order valence-corrected chi connectivity index (χ3v) is 2.59. The molecule has 0 aliphatic carbocycles. The van der Waals surface area contributed by atoms with Crippen LogP contribution in [0.4, 0.5) is 0 Å². The normalized spacial score (nSPS) is 14.6. The highest BCUT2D eigenvalue weighted by Crippen LogP contribution is 2.15. The Morgan fingerprint density at radius 2 is 2.20 bits per heavy atom. The van der Waals surface area contributed by atoms with Gasteiger partial charge in [0.25, 0.3) is 0 Å². The van der Waals surface area contributed by atoms with Crippen LogP contribution in [-0.2, 0) is 16.0 Å². The van der Waals surface area contributed by atoms with Gasteiger partial charge in [-0.1, -0.05) is 24.3 Å². The van der Waals surface area contributed by atoms with Crippen LogP contribution >= 0.6 is 0 Å². The molecular weight excluding hydrogens is 188 g/mol. The van der Waals surface area contributed by atoms with Crippen LogP contribution in [0.3, 0.4) is 0 Å². The van der Waals surface area contributed by atoms with Crippen molar-refractivity contribution in [2.75, 3.05) is 6.61 Å². The molecule has 0 saturated heterocycles. The van der Waals surface area contributed by atoms with Crippen molar-refractivity contribution in [3.05, 3.63) is 47.2 Å². The third-order valence-electron chi connectivity index (χ3n) is 2.59. The van der Waals surface area contributed by atoms with E-state index in [1.807, 2.05) is 37.3 Å². The van der Waals surface area contributed by atoms with Gasteiger partial charge in [-0.05, 0) is 24.1 Å². The molecule has 2 heteroatoms. The zero-order chi connectivity index (χ0) is 10.7. The number of aryl methyl sites for hydroxylation is 1. The first-order valence-electron chi connectivity index (χ1n) is 5.18. The SMILES string of the molecule is Cc1ccccc1CC(=O)C1=CCCO1. The minimum atomic E-state index is 0.0850. The molecule has 0 amide bonds. The quantitative estimate of drug-likeness (QED) is 0.752. The van der Waals surface area contributed by atoms with Crippen LogP contribution in [0.2, 0.25) is 0 Å². The van der Waals surface area contributed by atoms with Crippen LogP contribution in [0.25, 0.3) is 0 Å². The monoisotopic (exact) mass is 202 g/mol. The number of Topliss-reactive ketones (excluding diaryl/α,β-unsaturated/α-hetero) is 1. The summed E-state index contributed by atoms with van der Waals surface area (Å²) in [5, 5.41) is 0. The van der Waals surface area contributed by atoms with Crippen molar-refractivity contribution < 1.29 is 9.53 Å². The average molecular weight is 202 g/mol. The Kier molecular flexibility index (Phi) is 2.86. The molecule has 15 heavy (non-hydrogen) atoms. The first-order valence-corrected chi connectivity index (χ1v) is 5.18. The van der Waals surface area contributed by atoms with Crippen LogP contribution in [0, 0.1) is 6.92 Å². The second-order valence-corrected chi connectivity index (χ2v) is 3.73. The highest BCUT2D eigenvalue weighted by molar-refractivity contribution is 5.95. The number of carbonyl (C=O) groups excluding carboxylic acids is 1. The molecule has 0 radical (unpaired) electrons. The topological polar surface area (TPSA) is 26.3 Å². The van der Waals surface area contributed by atoms with Gasteiger partial charge in [0, 0.05) is 12.8 Å². The predicted octanol–water partition coefficient (Wildman–Crippen LogP) is 2.41. The number of rotatable bonds is 3. The number of ketones is 1. The molecule has 0 N–H and O–H groups in total. The van der Waals surface area contributed by atoms with E-state index in [9.17, 15) is 4.79 Å². The van der Waals surface area contributed by atoms with Crippen molar-refractivity contribution in [2.24, 2.45) is 0 Å². The van der Waals surface area contributed by atoms with Crippen molar-refractivity contribution in [1.29, 1.82) is 0 Å². The fourth-order valence-corrected chi connectivity index (χ4v) is 1.68.